The molecule has 0 aliphatic carbocycles. The Morgan fingerprint density at radius 1 is 1.38 bits per heavy atom. The van der Waals surface area contributed by atoms with Gasteiger partial charge in [0.2, 0.25) is 5.91 Å². The number of likely N-dealkylation sites (N-methyl/N-ethyl adjacent to an activating group) is 1. The number of ether oxygens (including phenoxy) is 1. The third-order valence-corrected chi connectivity index (χ3v) is 3.56. The van der Waals surface area contributed by atoms with Crippen LogP contribution in [0.2, 0.25) is 0 Å². The molecule has 1 aromatic heterocycles. The maximum absolute atomic E-state index is 12.6. The third kappa shape index (κ3) is 5.11. The van der Waals surface area contributed by atoms with Gasteiger partial charge in [-0.15, -0.1) is 24.8 Å². The van der Waals surface area contributed by atoms with Crippen molar-refractivity contribution in [2.75, 3.05) is 19.8 Å². The third-order valence-electron chi connectivity index (χ3n) is 3.56. The van der Waals surface area contributed by atoms with Crippen molar-refractivity contribution in [3.63, 3.8) is 0 Å². The maximum atomic E-state index is 12.6. The van der Waals surface area contributed by atoms with Crippen LogP contribution in [0.4, 0.5) is 0 Å². The number of hydrogen-bond acceptors (Lipinski definition) is 4. The summed E-state index contributed by atoms with van der Waals surface area (Å²) < 4.78 is 5.28. The Hall–Kier alpha value is -0.880. The number of halogens is 2. The summed E-state index contributed by atoms with van der Waals surface area (Å²) in [6, 6.07) is 5.71. The summed E-state index contributed by atoms with van der Waals surface area (Å²) in [6.45, 7) is 4.22. The van der Waals surface area contributed by atoms with Crippen LogP contribution in [0, 0.1) is 0 Å². The lowest BCUT2D eigenvalue weighted by Crippen LogP contribution is -2.57. The highest BCUT2D eigenvalue weighted by Gasteiger charge is 2.38. The SMILES string of the molecule is CCN(Cc1ccccn1)C(=O)C1(N)CCOCC1.Cl.Cl. The van der Waals surface area contributed by atoms with E-state index in [1.165, 1.54) is 0 Å². The van der Waals surface area contributed by atoms with Crippen LogP contribution in [-0.2, 0) is 16.1 Å². The lowest BCUT2D eigenvalue weighted by Gasteiger charge is -2.36. The molecule has 0 aromatic carbocycles. The van der Waals surface area contributed by atoms with Gasteiger partial charge < -0.3 is 15.4 Å². The molecule has 0 radical (unpaired) electrons. The molecule has 1 aliphatic rings. The summed E-state index contributed by atoms with van der Waals surface area (Å²) in [7, 11) is 0. The van der Waals surface area contributed by atoms with Crippen molar-refractivity contribution in [2.24, 2.45) is 5.73 Å². The van der Waals surface area contributed by atoms with Gasteiger partial charge in [-0.25, -0.2) is 0 Å². The van der Waals surface area contributed by atoms with Crippen LogP contribution in [0.15, 0.2) is 24.4 Å². The largest absolute Gasteiger partial charge is 0.381 e. The van der Waals surface area contributed by atoms with Gasteiger partial charge in [-0.1, -0.05) is 6.07 Å². The van der Waals surface area contributed by atoms with Gasteiger partial charge >= 0.3 is 0 Å². The molecule has 1 aromatic rings. The zero-order valence-corrected chi connectivity index (χ0v) is 13.8. The molecule has 5 nitrogen and oxygen atoms in total. The predicted octanol–water partition coefficient (Wildman–Crippen LogP) is 1.78. The van der Waals surface area contributed by atoms with Gasteiger partial charge in [-0.05, 0) is 31.9 Å². The van der Waals surface area contributed by atoms with Crippen molar-refractivity contribution >= 4 is 30.7 Å². The fourth-order valence-corrected chi connectivity index (χ4v) is 2.28. The number of rotatable bonds is 4. The van der Waals surface area contributed by atoms with Crippen molar-refractivity contribution in [3.05, 3.63) is 30.1 Å². The molecule has 120 valence electrons. The molecule has 0 atom stereocenters. The van der Waals surface area contributed by atoms with Crippen molar-refractivity contribution in [2.45, 2.75) is 31.8 Å². The van der Waals surface area contributed by atoms with Gasteiger partial charge in [0.05, 0.1) is 17.8 Å². The van der Waals surface area contributed by atoms with E-state index < -0.39 is 5.54 Å². The summed E-state index contributed by atoms with van der Waals surface area (Å²) in [5.41, 5.74) is 6.35. The molecule has 2 heterocycles. The first-order chi connectivity index (χ1) is 9.15. The molecule has 0 saturated carbocycles. The number of pyridine rings is 1. The smallest absolute Gasteiger partial charge is 0.243 e. The standard InChI is InChI=1S/C14H21N3O2.2ClH/c1-2-17(11-12-5-3-4-8-16-12)13(18)14(15)6-9-19-10-7-14;;/h3-5,8H,2,6-7,9-11,15H2,1H3;2*1H. The number of hydrogen-bond donors (Lipinski definition) is 1. The number of amides is 1. The van der Waals surface area contributed by atoms with Gasteiger partial charge in [0.15, 0.2) is 0 Å². The Bertz CT molecular complexity index is 425. The van der Waals surface area contributed by atoms with E-state index in [9.17, 15) is 4.79 Å². The van der Waals surface area contributed by atoms with Gasteiger partial charge in [-0.2, -0.15) is 0 Å². The first kappa shape index (κ1) is 20.1. The van der Waals surface area contributed by atoms with Crippen molar-refractivity contribution in [1.29, 1.82) is 0 Å². The average Bonchev–Trinajstić information content (AvgIpc) is 2.46. The molecule has 0 unspecified atom stereocenters. The minimum Gasteiger partial charge on any atom is -0.381 e. The van der Waals surface area contributed by atoms with E-state index in [-0.39, 0.29) is 30.7 Å². The number of aromatic nitrogens is 1. The molecular weight excluding hydrogens is 313 g/mol. The van der Waals surface area contributed by atoms with E-state index in [0.717, 1.165) is 5.69 Å². The highest BCUT2D eigenvalue weighted by molar-refractivity contribution is 5.86. The lowest BCUT2D eigenvalue weighted by molar-refractivity contribution is -0.141. The van der Waals surface area contributed by atoms with Gasteiger partial charge in [0.25, 0.3) is 0 Å². The number of nitrogens with zero attached hydrogens (tertiary/aromatic N) is 2. The molecular formula is C14H23Cl2N3O2. The molecule has 21 heavy (non-hydrogen) atoms. The Kier molecular flexibility index (Phi) is 8.82. The molecule has 0 bridgehead atoms. The molecule has 7 heteroatoms. The van der Waals surface area contributed by atoms with E-state index in [2.05, 4.69) is 4.98 Å². The number of carbonyl (C=O) groups excluding carboxylic acids is 1. The van der Waals surface area contributed by atoms with E-state index in [1.807, 2.05) is 25.1 Å². The van der Waals surface area contributed by atoms with Crippen LogP contribution in [0.25, 0.3) is 0 Å². The van der Waals surface area contributed by atoms with Crippen LogP contribution in [0.5, 0.6) is 0 Å². The van der Waals surface area contributed by atoms with Crippen LogP contribution in [0.1, 0.15) is 25.5 Å². The zero-order valence-electron chi connectivity index (χ0n) is 12.2. The fraction of sp³-hybridized carbons (Fsp3) is 0.571. The Labute approximate surface area is 138 Å². The summed E-state index contributed by atoms with van der Waals surface area (Å²) in [5, 5.41) is 0. The molecule has 1 fully saturated rings. The van der Waals surface area contributed by atoms with Gasteiger partial charge in [0.1, 0.15) is 0 Å². The summed E-state index contributed by atoms with van der Waals surface area (Å²) in [6.07, 6.45) is 2.91. The summed E-state index contributed by atoms with van der Waals surface area (Å²) in [4.78, 5) is 18.6. The van der Waals surface area contributed by atoms with E-state index in [1.54, 1.807) is 11.1 Å². The summed E-state index contributed by atoms with van der Waals surface area (Å²) >= 11 is 0. The minimum absolute atomic E-state index is 0. The Morgan fingerprint density at radius 2 is 2.05 bits per heavy atom. The minimum atomic E-state index is -0.775. The quantitative estimate of drug-likeness (QED) is 0.910. The molecule has 0 spiro atoms. The zero-order chi connectivity index (χ0) is 13.7. The highest BCUT2D eigenvalue weighted by Crippen LogP contribution is 2.21. The molecule has 2 rings (SSSR count). The second-order valence-corrected chi connectivity index (χ2v) is 4.91. The van der Waals surface area contributed by atoms with Crippen LogP contribution in [0.3, 0.4) is 0 Å². The first-order valence-corrected chi connectivity index (χ1v) is 6.71. The van der Waals surface area contributed by atoms with Crippen LogP contribution >= 0.6 is 24.8 Å². The first-order valence-electron chi connectivity index (χ1n) is 6.71. The molecule has 2 N–H and O–H groups in total. The summed E-state index contributed by atoms with van der Waals surface area (Å²) in [5.74, 6) is 0.00366. The molecule has 1 saturated heterocycles. The predicted molar refractivity (Wildman–Crippen MR) is 86.8 cm³/mol. The second-order valence-electron chi connectivity index (χ2n) is 4.91. The second kappa shape index (κ2) is 9.20. The number of carbonyl (C=O) groups is 1. The van der Waals surface area contributed by atoms with Gasteiger partial charge in [0, 0.05) is 26.0 Å². The normalized spacial score (nSPS) is 16.3. The van der Waals surface area contributed by atoms with Gasteiger partial charge in [-0.3, -0.25) is 9.78 Å². The van der Waals surface area contributed by atoms with E-state index >= 15 is 0 Å². The molecule has 1 aliphatic heterocycles. The monoisotopic (exact) mass is 335 g/mol. The Balaban J connectivity index is 0.00000200. The lowest BCUT2D eigenvalue weighted by atomic mass is 9.89. The Morgan fingerprint density at radius 3 is 2.57 bits per heavy atom. The van der Waals surface area contributed by atoms with E-state index in [0.29, 0.717) is 39.1 Å². The average molecular weight is 336 g/mol. The topological polar surface area (TPSA) is 68.5 Å². The van der Waals surface area contributed by atoms with Crippen molar-refractivity contribution in [1.82, 2.24) is 9.88 Å². The van der Waals surface area contributed by atoms with E-state index in [4.69, 9.17) is 10.5 Å². The van der Waals surface area contributed by atoms with Crippen LogP contribution in [-0.4, -0.2) is 41.1 Å². The number of nitrogens with two attached hydrogens (primary N) is 1. The fourth-order valence-electron chi connectivity index (χ4n) is 2.28. The highest BCUT2D eigenvalue weighted by atomic mass is 35.5. The van der Waals surface area contributed by atoms with Crippen LogP contribution < -0.4 is 5.73 Å². The maximum Gasteiger partial charge on any atom is 0.243 e. The van der Waals surface area contributed by atoms with Crippen molar-refractivity contribution < 1.29 is 9.53 Å². The van der Waals surface area contributed by atoms with Crippen molar-refractivity contribution in [3.8, 4) is 0 Å². The molecule has 1 amide bonds.